The van der Waals surface area contributed by atoms with E-state index in [9.17, 15) is 19.7 Å². The highest BCUT2D eigenvalue weighted by molar-refractivity contribution is 6.09. The van der Waals surface area contributed by atoms with Crippen molar-refractivity contribution in [3.8, 4) is 0 Å². The summed E-state index contributed by atoms with van der Waals surface area (Å²) in [6, 6.07) is 15.2. The summed E-state index contributed by atoms with van der Waals surface area (Å²) < 4.78 is 0. The first kappa shape index (κ1) is 20.3. The molecule has 9 heteroatoms. The Hall–Kier alpha value is -4.40. The van der Waals surface area contributed by atoms with Gasteiger partial charge in [-0.2, -0.15) is 5.10 Å². The number of hydrogen-bond donors (Lipinski definition) is 2. The summed E-state index contributed by atoms with van der Waals surface area (Å²) in [5, 5.41) is 17.5. The van der Waals surface area contributed by atoms with Crippen LogP contribution in [0.15, 0.2) is 78.2 Å². The Balaban J connectivity index is 1.74. The molecule has 1 heterocycles. The first-order valence-electron chi connectivity index (χ1n) is 8.85. The van der Waals surface area contributed by atoms with Gasteiger partial charge in [-0.05, 0) is 43.3 Å². The van der Waals surface area contributed by atoms with Crippen LogP contribution in [0.1, 0.15) is 33.2 Å². The van der Waals surface area contributed by atoms with Crippen LogP contribution in [0.4, 0.5) is 11.4 Å². The van der Waals surface area contributed by atoms with Crippen LogP contribution in [-0.4, -0.2) is 27.4 Å². The van der Waals surface area contributed by atoms with Gasteiger partial charge in [0.25, 0.3) is 17.5 Å². The number of non-ortho nitro benzene ring substituents is 1. The smallest absolute Gasteiger partial charge is 0.273 e. The van der Waals surface area contributed by atoms with Gasteiger partial charge in [-0.3, -0.25) is 24.7 Å². The topological polar surface area (TPSA) is 127 Å². The quantitative estimate of drug-likeness (QED) is 0.370. The van der Waals surface area contributed by atoms with Crippen LogP contribution in [0, 0.1) is 10.1 Å². The Morgan fingerprint density at radius 1 is 0.933 bits per heavy atom. The van der Waals surface area contributed by atoms with Crippen LogP contribution >= 0.6 is 0 Å². The molecule has 3 rings (SSSR count). The average Bonchev–Trinajstić information content (AvgIpc) is 2.78. The number of rotatable bonds is 6. The molecule has 0 bridgehead atoms. The van der Waals surface area contributed by atoms with E-state index < -0.39 is 16.7 Å². The fourth-order valence-corrected chi connectivity index (χ4v) is 2.57. The minimum absolute atomic E-state index is 0.117. The SMILES string of the molecule is CC(=NNC(=O)c1ccccc1NC(=O)c1ccc([N+](=O)[O-])cc1)c1ccncc1. The van der Waals surface area contributed by atoms with E-state index in [1.807, 2.05) is 0 Å². The molecule has 1 aromatic heterocycles. The van der Waals surface area contributed by atoms with Crippen molar-refractivity contribution in [2.75, 3.05) is 5.32 Å². The molecule has 30 heavy (non-hydrogen) atoms. The number of nitro groups is 1. The van der Waals surface area contributed by atoms with Crippen LogP contribution in [0.5, 0.6) is 0 Å². The van der Waals surface area contributed by atoms with Gasteiger partial charge in [0, 0.05) is 35.7 Å². The van der Waals surface area contributed by atoms with E-state index in [4.69, 9.17) is 0 Å². The minimum Gasteiger partial charge on any atom is -0.321 e. The van der Waals surface area contributed by atoms with Crippen molar-refractivity contribution in [1.29, 1.82) is 0 Å². The Morgan fingerprint density at radius 2 is 1.60 bits per heavy atom. The molecular formula is C21H17N5O4. The van der Waals surface area contributed by atoms with Gasteiger partial charge in [0.15, 0.2) is 0 Å². The van der Waals surface area contributed by atoms with Crippen molar-refractivity contribution in [2.45, 2.75) is 6.92 Å². The van der Waals surface area contributed by atoms with E-state index in [0.717, 1.165) is 5.56 Å². The molecule has 0 saturated heterocycles. The molecule has 9 nitrogen and oxygen atoms in total. The van der Waals surface area contributed by atoms with Crippen molar-refractivity contribution in [1.82, 2.24) is 10.4 Å². The van der Waals surface area contributed by atoms with Crippen molar-refractivity contribution in [3.63, 3.8) is 0 Å². The third kappa shape index (κ3) is 4.90. The first-order chi connectivity index (χ1) is 14.5. The number of nitrogens with one attached hydrogen (secondary N) is 2. The molecule has 0 saturated carbocycles. The number of hydrogen-bond acceptors (Lipinski definition) is 6. The molecule has 150 valence electrons. The van der Waals surface area contributed by atoms with E-state index >= 15 is 0 Å². The molecular weight excluding hydrogens is 386 g/mol. The molecule has 3 aromatic rings. The largest absolute Gasteiger partial charge is 0.321 e. The zero-order valence-electron chi connectivity index (χ0n) is 15.9. The predicted octanol–water partition coefficient (Wildman–Crippen LogP) is 3.40. The van der Waals surface area contributed by atoms with Gasteiger partial charge in [0.1, 0.15) is 0 Å². The number of carbonyl (C=O) groups is 2. The van der Waals surface area contributed by atoms with E-state index in [-0.39, 0.29) is 22.5 Å². The fourth-order valence-electron chi connectivity index (χ4n) is 2.57. The lowest BCUT2D eigenvalue weighted by Crippen LogP contribution is -2.22. The summed E-state index contributed by atoms with van der Waals surface area (Å²) in [6.45, 7) is 1.75. The van der Waals surface area contributed by atoms with Gasteiger partial charge in [-0.25, -0.2) is 5.43 Å². The number of benzene rings is 2. The third-order valence-electron chi connectivity index (χ3n) is 4.18. The molecule has 2 amide bonds. The highest BCUT2D eigenvalue weighted by Crippen LogP contribution is 2.18. The van der Waals surface area contributed by atoms with Crippen LogP contribution in [-0.2, 0) is 0 Å². The van der Waals surface area contributed by atoms with Gasteiger partial charge in [-0.15, -0.1) is 0 Å². The molecule has 0 radical (unpaired) electrons. The highest BCUT2D eigenvalue weighted by Gasteiger charge is 2.15. The standard InChI is InChI=1S/C21H17N5O4/c1-14(15-10-12-22-13-11-15)24-25-21(28)18-4-2-3-5-19(18)23-20(27)16-6-8-17(9-7-16)26(29)30/h2-13H,1H3,(H,23,27)(H,25,28). The molecule has 0 aliphatic carbocycles. The number of amides is 2. The number of pyridine rings is 1. The van der Waals surface area contributed by atoms with E-state index in [0.29, 0.717) is 5.71 Å². The predicted molar refractivity (Wildman–Crippen MR) is 111 cm³/mol. The van der Waals surface area contributed by atoms with Crippen LogP contribution in [0.2, 0.25) is 0 Å². The Kier molecular flexibility index (Phi) is 6.23. The zero-order valence-corrected chi connectivity index (χ0v) is 15.9. The lowest BCUT2D eigenvalue weighted by molar-refractivity contribution is -0.384. The van der Waals surface area contributed by atoms with E-state index in [1.54, 1.807) is 55.7 Å². The zero-order chi connectivity index (χ0) is 21.5. The summed E-state index contributed by atoms with van der Waals surface area (Å²) in [6.07, 6.45) is 3.25. The average molecular weight is 403 g/mol. The molecule has 0 atom stereocenters. The second-order valence-corrected chi connectivity index (χ2v) is 6.18. The lowest BCUT2D eigenvalue weighted by atomic mass is 10.1. The Morgan fingerprint density at radius 3 is 2.27 bits per heavy atom. The number of nitro benzene ring substituents is 1. The maximum atomic E-state index is 12.6. The van der Waals surface area contributed by atoms with Crippen molar-refractivity contribution in [2.24, 2.45) is 5.10 Å². The van der Waals surface area contributed by atoms with Crippen LogP contribution < -0.4 is 10.7 Å². The highest BCUT2D eigenvalue weighted by atomic mass is 16.6. The van der Waals surface area contributed by atoms with Crippen molar-refractivity contribution >= 4 is 28.9 Å². The van der Waals surface area contributed by atoms with Gasteiger partial charge >= 0.3 is 0 Å². The summed E-state index contributed by atoms with van der Waals surface area (Å²) in [7, 11) is 0. The molecule has 0 aliphatic heterocycles. The summed E-state index contributed by atoms with van der Waals surface area (Å²) in [4.78, 5) is 39.2. The van der Waals surface area contributed by atoms with Gasteiger partial charge in [0.2, 0.25) is 0 Å². The number of aromatic nitrogens is 1. The summed E-state index contributed by atoms with van der Waals surface area (Å²) in [5.41, 5.74) is 4.49. The third-order valence-corrected chi connectivity index (χ3v) is 4.18. The summed E-state index contributed by atoms with van der Waals surface area (Å²) in [5.74, 6) is -0.996. The number of hydrazone groups is 1. The molecule has 0 spiro atoms. The second-order valence-electron chi connectivity index (χ2n) is 6.18. The fraction of sp³-hybridized carbons (Fsp3) is 0.0476. The monoisotopic (exact) mass is 403 g/mol. The van der Waals surface area contributed by atoms with Crippen molar-refractivity contribution in [3.05, 3.63) is 99.9 Å². The molecule has 0 fully saturated rings. The number of carbonyl (C=O) groups excluding carboxylic acids is 2. The molecule has 2 N–H and O–H groups in total. The maximum absolute atomic E-state index is 12.6. The first-order valence-corrected chi connectivity index (χ1v) is 8.85. The number of nitrogens with zero attached hydrogens (tertiary/aromatic N) is 3. The van der Waals surface area contributed by atoms with Crippen molar-refractivity contribution < 1.29 is 14.5 Å². The van der Waals surface area contributed by atoms with Gasteiger partial charge in [0.05, 0.1) is 21.9 Å². The number of para-hydroxylation sites is 1. The normalized spacial score (nSPS) is 10.9. The molecule has 0 aliphatic rings. The summed E-state index contributed by atoms with van der Waals surface area (Å²) >= 11 is 0. The maximum Gasteiger partial charge on any atom is 0.273 e. The van der Waals surface area contributed by atoms with Crippen LogP contribution in [0.25, 0.3) is 0 Å². The van der Waals surface area contributed by atoms with Gasteiger partial charge in [-0.1, -0.05) is 12.1 Å². The van der Waals surface area contributed by atoms with Gasteiger partial charge < -0.3 is 5.32 Å². The Labute approximate surface area is 171 Å². The second kappa shape index (κ2) is 9.20. The molecule has 0 unspecified atom stereocenters. The minimum atomic E-state index is -0.546. The van der Waals surface area contributed by atoms with Crippen LogP contribution in [0.3, 0.4) is 0 Å². The van der Waals surface area contributed by atoms with E-state index in [1.165, 1.54) is 24.3 Å². The Bertz CT molecular complexity index is 1110. The lowest BCUT2D eigenvalue weighted by Gasteiger charge is -2.10. The number of anilines is 1. The van der Waals surface area contributed by atoms with E-state index in [2.05, 4.69) is 20.8 Å². The molecule has 2 aromatic carbocycles.